The lowest BCUT2D eigenvalue weighted by Gasteiger charge is -2.23. The average molecular weight is 250 g/mol. The molecule has 3 rings (SSSR count). The van der Waals surface area contributed by atoms with Gasteiger partial charge in [-0.05, 0) is 36.4 Å². The third-order valence-corrected chi connectivity index (χ3v) is 2.72. The van der Waals surface area contributed by atoms with Gasteiger partial charge in [0.05, 0.1) is 17.1 Å². The number of benzene rings is 2. The number of nitrogens with one attached hydrogen (secondary N) is 1. The molecule has 0 bridgehead atoms. The summed E-state index contributed by atoms with van der Waals surface area (Å²) < 4.78 is 0. The largest absolute Gasteiger partial charge is 0.301 e. The molecule has 0 saturated heterocycles. The number of anilines is 2. The van der Waals surface area contributed by atoms with Gasteiger partial charge in [-0.25, -0.2) is 9.99 Å². The van der Waals surface area contributed by atoms with Crippen LogP contribution in [0.3, 0.4) is 0 Å². The fraction of sp³-hybridized carbons (Fsp3) is 0. The Hall–Kier alpha value is -2.82. The molecule has 0 amide bonds. The third-order valence-electron chi connectivity index (χ3n) is 2.72. The van der Waals surface area contributed by atoms with Gasteiger partial charge < -0.3 is 5.73 Å². The van der Waals surface area contributed by atoms with Crippen LogP contribution in [0.2, 0.25) is 0 Å². The number of para-hydroxylation sites is 1. The van der Waals surface area contributed by atoms with E-state index in [0.29, 0.717) is 5.69 Å². The quantitative estimate of drug-likeness (QED) is 0.718. The van der Waals surface area contributed by atoms with Crippen LogP contribution >= 0.6 is 0 Å². The molecule has 0 aliphatic rings. The minimum atomic E-state index is 0.482. The zero-order chi connectivity index (χ0) is 13.1. The van der Waals surface area contributed by atoms with Crippen molar-refractivity contribution in [2.75, 3.05) is 5.01 Å². The first-order valence-electron chi connectivity index (χ1n) is 5.86. The molecule has 0 aliphatic heterocycles. The number of hydrogen-bond donors (Lipinski definition) is 0. The zero-order valence-electron chi connectivity index (χ0n) is 10.1. The van der Waals surface area contributed by atoms with E-state index in [-0.39, 0.29) is 0 Å². The van der Waals surface area contributed by atoms with Crippen molar-refractivity contribution in [2.45, 2.75) is 0 Å². The Kier molecular flexibility index (Phi) is 2.86. The number of nitrogens with zero attached hydrogens (tertiary/aromatic N) is 4. The topological polar surface area (TPSA) is 57.8 Å². The molecular weight excluding hydrogens is 238 g/mol. The van der Waals surface area contributed by atoms with Gasteiger partial charge in [0, 0.05) is 0 Å². The Bertz CT molecular complexity index is 631. The molecule has 19 heavy (non-hydrogen) atoms. The predicted octanol–water partition coefficient (Wildman–Crippen LogP) is 2.79. The van der Waals surface area contributed by atoms with E-state index < -0.39 is 0 Å². The van der Waals surface area contributed by atoms with Crippen LogP contribution in [0.4, 0.5) is 17.1 Å². The summed E-state index contributed by atoms with van der Waals surface area (Å²) in [5.41, 5.74) is 9.94. The molecule has 0 atom stereocenters. The van der Waals surface area contributed by atoms with Crippen LogP contribution in [-0.4, -0.2) is 14.9 Å². The van der Waals surface area contributed by atoms with Crippen molar-refractivity contribution in [2.24, 2.45) is 0 Å². The number of aromatic nitrogens is 3. The first-order chi connectivity index (χ1) is 9.34. The van der Waals surface area contributed by atoms with E-state index >= 15 is 0 Å². The van der Waals surface area contributed by atoms with Crippen LogP contribution < -0.4 is 10.7 Å². The summed E-state index contributed by atoms with van der Waals surface area (Å²) in [6, 6.07) is 17.2. The van der Waals surface area contributed by atoms with Crippen LogP contribution in [-0.2, 0) is 0 Å². The van der Waals surface area contributed by atoms with Gasteiger partial charge >= 0.3 is 0 Å². The van der Waals surface area contributed by atoms with E-state index in [1.54, 1.807) is 23.3 Å². The van der Waals surface area contributed by atoms with Crippen LogP contribution in [0.5, 0.6) is 0 Å². The molecule has 1 heterocycles. The van der Waals surface area contributed by atoms with Gasteiger partial charge in [-0.1, -0.05) is 18.2 Å². The van der Waals surface area contributed by atoms with E-state index in [2.05, 4.69) is 10.1 Å². The summed E-state index contributed by atoms with van der Waals surface area (Å²) >= 11 is 0. The summed E-state index contributed by atoms with van der Waals surface area (Å²) in [6.07, 6.45) is 3.14. The molecule has 93 valence electrons. The Morgan fingerprint density at radius 2 is 1.58 bits per heavy atom. The van der Waals surface area contributed by atoms with E-state index in [4.69, 9.17) is 5.73 Å². The predicted molar refractivity (Wildman–Crippen MR) is 73.2 cm³/mol. The average Bonchev–Trinajstić information content (AvgIpc) is 2.96. The first kappa shape index (κ1) is 11.3. The minimum absolute atomic E-state index is 0.482. The molecule has 3 aromatic rings. The fourth-order valence-electron chi connectivity index (χ4n) is 1.86. The number of rotatable bonds is 3. The van der Waals surface area contributed by atoms with Gasteiger partial charge in [-0.2, -0.15) is 4.79 Å². The Balaban J connectivity index is 2.10. The van der Waals surface area contributed by atoms with E-state index in [1.807, 2.05) is 47.5 Å². The van der Waals surface area contributed by atoms with Crippen LogP contribution in [0, 0.1) is 0 Å². The van der Waals surface area contributed by atoms with Crippen LogP contribution in [0.15, 0.2) is 67.3 Å². The van der Waals surface area contributed by atoms with Crippen molar-refractivity contribution < 1.29 is 0 Å². The highest BCUT2D eigenvalue weighted by molar-refractivity contribution is 5.63. The lowest BCUT2D eigenvalue weighted by atomic mass is 10.2. The van der Waals surface area contributed by atoms with Gasteiger partial charge in [0.15, 0.2) is 0 Å². The second-order valence-corrected chi connectivity index (χ2v) is 4.01. The standard InChI is InChI=1S/C14H12N5/c15-12-6-8-14(9-7-12)19(18-11-16-10-17-18)13-4-2-1-3-5-13/h1-11,15H. The summed E-state index contributed by atoms with van der Waals surface area (Å²) in [5.74, 6) is 0. The molecule has 0 spiro atoms. The summed E-state index contributed by atoms with van der Waals surface area (Å²) in [7, 11) is 0. The van der Waals surface area contributed by atoms with Gasteiger partial charge in [-0.3, -0.25) is 0 Å². The summed E-state index contributed by atoms with van der Waals surface area (Å²) in [5, 5.41) is 6.10. The molecule has 1 N–H and O–H groups in total. The van der Waals surface area contributed by atoms with E-state index in [1.165, 1.54) is 6.33 Å². The molecule has 1 radical (unpaired) electrons. The zero-order valence-corrected chi connectivity index (χ0v) is 10.1. The molecule has 0 fully saturated rings. The molecule has 0 saturated carbocycles. The molecule has 0 unspecified atom stereocenters. The molecule has 2 aromatic carbocycles. The van der Waals surface area contributed by atoms with Crippen LogP contribution in [0.1, 0.15) is 0 Å². The van der Waals surface area contributed by atoms with Gasteiger partial charge in [0.1, 0.15) is 12.7 Å². The Morgan fingerprint density at radius 3 is 2.21 bits per heavy atom. The molecule has 5 nitrogen and oxygen atoms in total. The third kappa shape index (κ3) is 2.26. The van der Waals surface area contributed by atoms with E-state index in [0.717, 1.165) is 11.4 Å². The summed E-state index contributed by atoms with van der Waals surface area (Å²) in [4.78, 5) is 5.65. The number of hydrogen-bond acceptors (Lipinski definition) is 3. The highest BCUT2D eigenvalue weighted by atomic mass is 15.7. The van der Waals surface area contributed by atoms with Crippen molar-refractivity contribution in [3.8, 4) is 0 Å². The van der Waals surface area contributed by atoms with Gasteiger partial charge in [0.25, 0.3) is 0 Å². The summed E-state index contributed by atoms with van der Waals surface area (Å²) in [6.45, 7) is 0. The molecule has 0 aliphatic carbocycles. The van der Waals surface area contributed by atoms with Crippen molar-refractivity contribution in [3.63, 3.8) is 0 Å². The van der Waals surface area contributed by atoms with E-state index in [9.17, 15) is 0 Å². The van der Waals surface area contributed by atoms with Crippen molar-refractivity contribution >= 4 is 17.1 Å². The highest BCUT2D eigenvalue weighted by Gasteiger charge is 2.11. The van der Waals surface area contributed by atoms with Crippen molar-refractivity contribution in [1.82, 2.24) is 20.6 Å². The minimum Gasteiger partial charge on any atom is -0.301 e. The SMILES string of the molecule is [NH]c1ccc(N(c2ccccc2)n2cncn2)cc1. The van der Waals surface area contributed by atoms with Gasteiger partial charge in [-0.15, -0.1) is 5.10 Å². The van der Waals surface area contributed by atoms with Crippen molar-refractivity contribution in [3.05, 3.63) is 67.3 Å². The Morgan fingerprint density at radius 1 is 0.895 bits per heavy atom. The highest BCUT2D eigenvalue weighted by Crippen LogP contribution is 2.26. The van der Waals surface area contributed by atoms with Crippen molar-refractivity contribution in [1.29, 1.82) is 0 Å². The van der Waals surface area contributed by atoms with Crippen LogP contribution in [0.25, 0.3) is 0 Å². The molecular formula is C14H12N5. The smallest absolute Gasteiger partial charge is 0.139 e. The molecule has 1 aromatic heterocycles. The normalized spacial score (nSPS) is 10.3. The molecule has 5 heteroatoms. The maximum Gasteiger partial charge on any atom is 0.139 e. The second-order valence-electron chi connectivity index (χ2n) is 4.01. The first-order valence-corrected chi connectivity index (χ1v) is 5.86. The second kappa shape index (κ2) is 4.81. The lowest BCUT2D eigenvalue weighted by molar-refractivity contribution is 0.700. The maximum absolute atomic E-state index is 7.56. The fourth-order valence-corrected chi connectivity index (χ4v) is 1.86. The lowest BCUT2D eigenvalue weighted by Crippen LogP contribution is -2.24. The Labute approximate surface area is 110 Å². The maximum atomic E-state index is 7.56. The van der Waals surface area contributed by atoms with Gasteiger partial charge in [0.2, 0.25) is 0 Å². The monoisotopic (exact) mass is 250 g/mol.